The van der Waals surface area contributed by atoms with Gasteiger partial charge in [0.25, 0.3) is 0 Å². The lowest BCUT2D eigenvalue weighted by molar-refractivity contribution is 0.509. The van der Waals surface area contributed by atoms with Crippen LogP contribution in [0.25, 0.3) is 0 Å². The SMILES string of the molecule is CC.Nc1ccc(F)c(F)c1. The van der Waals surface area contributed by atoms with Crippen molar-refractivity contribution in [3.8, 4) is 0 Å². The van der Waals surface area contributed by atoms with Crippen LogP contribution in [0.5, 0.6) is 0 Å². The van der Waals surface area contributed by atoms with Crippen molar-refractivity contribution in [3.63, 3.8) is 0 Å². The van der Waals surface area contributed by atoms with Crippen LogP contribution < -0.4 is 5.73 Å². The first-order chi connectivity index (χ1) is 5.20. The Hall–Kier alpha value is -1.12. The lowest BCUT2D eigenvalue weighted by Gasteiger charge is -1.91. The first-order valence-corrected chi connectivity index (χ1v) is 3.40. The summed E-state index contributed by atoms with van der Waals surface area (Å²) >= 11 is 0. The number of halogens is 2. The number of nitrogens with two attached hydrogens (primary N) is 1. The van der Waals surface area contributed by atoms with Crippen molar-refractivity contribution < 1.29 is 8.78 Å². The highest BCUT2D eigenvalue weighted by Gasteiger charge is 1.97. The summed E-state index contributed by atoms with van der Waals surface area (Å²) in [5, 5.41) is 0. The molecule has 0 aromatic heterocycles. The van der Waals surface area contributed by atoms with Crippen molar-refractivity contribution in [2.24, 2.45) is 0 Å². The molecule has 0 aliphatic rings. The number of benzene rings is 1. The summed E-state index contributed by atoms with van der Waals surface area (Å²) in [6.07, 6.45) is 0. The van der Waals surface area contributed by atoms with Crippen LogP contribution in [0.2, 0.25) is 0 Å². The van der Waals surface area contributed by atoms with Gasteiger partial charge in [-0.3, -0.25) is 0 Å². The molecule has 0 aliphatic heterocycles. The molecule has 0 heterocycles. The fraction of sp³-hybridized carbons (Fsp3) is 0.250. The van der Waals surface area contributed by atoms with Gasteiger partial charge in [0.2, 0.25) is 0 Å². The van der Waals surface area contributed by atoms with E-state index in [4.69, 9.17) is 5.73 Å². The first-order valence-electron chi connectivity index (χ1n) is 3.40. The van der Waals surface area contributed by atoms with Crippen LogP contribution in [0.1, 0.15) is 13.8 Å². The molecule has 11 heavy (non-hydrogen) atoms. The van der Waals surface area contributed by atoms with E-state index in [1.165, 1.54) is 6.07 Å². The Morgan fingerprint density at radius 3 is 2.00 bits per heavy atom. The van der Waals surface area contributed by atoms with Crippen molar-refractivity contribution in [2.45, 2.75) is 13.8 Å². The van der Waals surface area contributed by atoms with E-state index in [2.05, 4.69) is 0 Å². The average molecular weight is 159 g/mol. The molecule has 0 amide bonds. The van der Waals surface area contributed by atoms with E-state index in [9.17, 15) is 8.78 Å². The summed E-state index contributed by atoms with van der Waals surface area (Å²) in [4.78, 5) is 0. The zero-order valence-electron chi connectivity index (χ0n) is 6.57. The second-order valence-electron chi connectivity index (χ2n) is 1.67. The van der Waals surface area contributed by atoms with Gasteiger partial charge in [0.15, 0.2) is 11.6 Å². The van der Waals surface area contributed by atoms with Gasteiger partial charge >= 0.3 is 0 Å². The van der Waals surface area contributed by atoms with Gasteiger partial charge < -0.3 is 5.73 Å². The predicted octanol–water partition coefficient (Wildman–Crippen LogP) is 2.57. The number of hydrogen-bond acceptors (Lipinski definition) is 1. The van der Waals surface area contributed by atoms with Gasteiger partial charge in [0.1, 0.15) is 0 Å². The molecule has 0 saturated heterocycles. The Balaban J connectivity index is 0.000000461. The molecule has 0 fully saturated rings. The van der Waals surface area contributed by atoms with E-state index in [-0.39, 0.29) is 5.69 Å². The second kappa shape index (κ2) is 4.66. The van der Waals surface area contributed by atoms with Crippen LogP contribution in [-0.4, -0.2) is 0 Å². The number of nitrogen functional groups attached to an aromatic ring is 1. The normalized spacial score (nSPS) is 8.36. The monoisotopic (exact) mass is 159 g/mol. The van der Waals surface area contributed by atoms with Crippen molar-refractivity contribution >= 4 is 5.69 Å². The molecule has 62 valence electrons. The second-order valence-corrected chi connectivity index (χ2v) is 1.67. The van der Waals surface area contributed by atoms with E-state index in [0.717, 1.165) is 12.1 Å². The molecule has 0 spiro atoms. The summed E-state index contributed by atoms with van der Waals surface area (Å²) < 4.78 is 24.2. The summed E-state index contributed by atoms with van der Waals surface area (Å²) in [6.45, 7) is 4.00. The molecule has 0 unspecified atom stereocenters. The fourth-order valence-corrected chi connectivity index (χ4v) is 0.512. The maximum Gasteiger partial charge on any atom is 0.160 e. The van der Waals surface area contributed by atoms with Crippen molar-refractivity contribution in [3.05, 3.63) is 29.8 Å². The lowest BCUT2D eigenvalue weighted by atomic mass is 10.3. The van der Waals surface area contributed by atoms with Crippen LogP contribution in [0.3, 0.4) is 0 Å². The Bertz CT molecular complexity index is 223. The van der Waals surface area contributed by atoms with Crippen LogP contribution in [0.4, 0.5) is 14.5 Å². The third kappa shape index (κ3) is 2.98. The van der Waals surface area contributed by atoms with Crippen molar-refractivity contribution in [1.82, 2.24) is 0 Å². The van der Waals surface area contributed by atoms with Gasteiger partial charge in [-0.1, -0.05) is 13.8 Å². The zero-order chi connectivity index (χ0) is 8.85. The highest BCUT2D eigenvalue weighted by atomic mass is 19.2. The summed E-state index contributed by atoms with van der Waals surface area (Å²) in [5.41, 5.74) is 5.35. The van der Waals surface area contributed by atoms with Gasteiger partial charge in [0.05, 0.1) is 0 Å². The maximum absolute atomic E-state index is 12.1. The largest absolute Gasteiger partial charge is 0.399 e. The highest BCUT2D eigenvalue weighted by Crippen LogP contribution is 2.08. The highest BCUT2D eigenvalue weighted by molar-refractivity contribution is 5.37. The van der Waals surface area contributed by atoms with Gasteiger partial charge in [-0.05, 0) is 18.2 Å². The van der Waals surface area contributed by atoms with E-state index in [0.29, 0.717) is 0 Å². The first kappa shape index (κ1) is 9.88. The zero-order valence-corrected chi connectivity index (χ0v) is 6.57. The number of hydrogen-bond donors (Lipinski definition) is 1. The molecular formula is C8H11F2N. The third-order valence-electron chi connectivity index (χ3n) is 0.944. The van der Waals surface area contributed by atoms with Crippen LogP contribution >= 0.6 is 0 Å². The van der Waals surface area contributed by atoms with Crippen LogP contribution in [0, 0.1) is 11.6 Å². The minimum atomic E-state index is -0.907. The summed E-state index contributed by atoms with van der Waals surface area (Å²) in [5.74, 6) is -1.78. The minimum Gasteiger partial charge on any atom is -0.399 e. The molecule has 0 bridgehead atoms. The molecule has 0 saturated carbocycles. The molecule has 0 radical (unpaired) electrons. The molecule has 0 aliphatic carbocycles. The Labute approximate surface area is 64.8 Å². The topological polar surface area (TPSA) is 26.0 Å². The molecule has 1 rings (SSSR count). The van der Waals surface area contributed by atoms with Crippen LogP contribution in [-0.2, 0) is 0 Å². The van der Waals surface area contributed by atoms with E-state index < -0.39 is 11.6 Å². The Morgan fingerprint density at radius 1 is 1.09 bits per heavy atom. The van der Waals surface area contributed by atoms with Crippen molar-refractivity contribution in [2.75, 3.05) is 5.73 Å². The van der Waals surface area contributed by atoms with Gasteiger partial charge in [0, 0.05) is 5.69 Å². The van der Waals surface area contributed by atoms with Crippen molar-refractivity contribution in [1.29, 1.82) is 0 Å². The number of anilines is 1. The van der Waals surface area contributed by atoms with E-state index in [1.54, 1.807) is 0 Å². The molecule has 2 N–H and O–H groups in total. The van der Waals surface area contributed by atoms with Crippen LogP contribution in [0.15, 0.2) is 18.2 Å². The Kier molecular flexibility index (Phi) is 4.18. The molecule has 0 atom stereocenters. The fourth-order valence-electron chi connectivity index (χ4n) is 0.512. The summed E-state index contributed by atoms with van der Waals surface area (Å²) in [6, 6.07) is 3.23. The molecular weight excluding hydrogens is 148 g/mol. The molecule has 1 nitrogen and oxygen atoms in total. The minimum absolute atomic E-state index is 0.230. The molecule has 1 aromatic rings. The van der Waals surface area contributed by atoms with E-state index >= 15 is 0 Å². The smallest absolute Gasteiger partial charge is 0.160 e. The number of rotatable bonds is 0. The maximum atomic E-state index is 12.1. The third-order valence-corrected chi connectivity index (χ3v) is 0.944. The average Bonchev–Trinajstić information content (AvgIpc) is 2.02. The van der Waals surface area contributed by atoms with E-state index in [1.807, 2.05) is 13.8 Å². The quantitative estimate of drug-likeness (QED) is 0.578. The molecule has 1 aromatic carbocycles. The predicted molar refractivity (Wildman–Crippen MR) is 42.1 cm³/mol. The Morgan fingerprint density at radius 2 is 1.64 bits per heavy atom. The van der Waals surface area contributed by atoms with Gasteiger partial charge in [-0.25, -0.2) is 8.78 Å². The molecule has 3 heteroatoms. The standard InChI is InChI=1S/C6H5F2N.C2H6/c7-5-2-1-4(9)3-6(5)8;1-2/h1-3H,9H2;1-2H3. The summed E-state index contributed by atoms with van der Waals surface area (Å²) in [7, 11) is 0. The van der Waals surface area contributed by atoms with Gasteiger partial charge in [-0.15, -0.1) is 0 Å². The van der Waals surface area contributed by atoms with Gasteiger partial charge in [-0.2, -0.15) is 0 Å². The lowest BCUT2D eigenvalue weighted by Crippen LogP contribution is -1.88.